The molecule has 0 N–H and O–H groups in total. The summed E-state index contributed by atoms with van der Waals surface area (Å²) in [6.07, 6.45) is 4.51. The van der Waals surface area contributed by atoms with Crippen LogP contribution in [0, 0.1) is 36.1 Å². The third kappa shape index (κ3) is 4.38. The van der Waals surface area contributed by atoms with E-state index in [9.17, 15) is 13.2 Å². The Morgan fingerprint density at radius 3 is 2.25 bits per heavy atom. The third-order valence-corrected chi connectivity index (χ3v) is 6.56. The van der Waals surface area contributed by atoms with Crippen molar-refractivity contribution in [3.8, 4) is 22.6 Å². The maximum absolute atomic E-state index is 15.6. The van der Waals surface area contributed by atoms with E-state index >= 15 is 4.39 Å². The van der Waals surface area contributed by atoms with Crippen LogP contribution in [0.5, 0.6) is 11.5 Å². The van der Waals surface area contributed by atoms with Crippen molar-refractivity contribution in [2.75, 3.05) is 0 Å². The zero-order valence-corrected chi connectivity index (χ0v) is 18.2. The van der Waals surface area contributed by atoms with Crippen LogP contribution in [0.15, 0.2) is 48.5 Å². The van der Waals surface area contributed by atoms with E-state index in [1.807, 2.05) is 0 Å². The Bertz CT molecular complexity index is 1120. The minimum atomic E-state index is -0.980. The molecule has 0 unspecified atom stereocenters. The van der Waals surface area contributed by atoms with Crippen molar-refractivity contribution in [1.82, 2.24) is 0 Å². The second-order valence-electron chi connectivity index (χ2n) is 8.59. The number of rotatable bonds is 5. The zero-order chi connectivity index (χ0) is 22.8. The molecule has 3 aromatic rings. The largest absolute Gasteiger partial charge is 0.453 e. The molecule has 0 atom stereocenters. The Morgan fingerprint density at radius 2 is 1.56 bits per heavy atom. The second-order valence-corrected chi connectivity index (χ2v) is 8.59. The maximum atomic E-state index is 15.6. The molecule has 32 heavy (non-hydrogen) atoms. The molecule has 1 nitrogen and oxygen atoms in total. The van der Waals surface area contributed by atoms with Gasteiger partial charge < -0.3 is 4.74 Å². The van der Waals surface area contributed by atoms with E-state index in [1.54, 1.807) is 31.2 Å². The molecule has 5 heteroatoms. The van der Waals surface area contributed by atoms with Gasteiger partial charge in [0.1, 0.15) is 11.6 Å². The Hall–Kier alpha value is -2.82. The van der Waals surface area contributed by atoms with Crippen LogP contribution in [0.2, 0.25) is 0 Å². The summed E-state index contributed by atoms with van der Waals surface area (Å²) >= 11 is 0. The summed E-state index contributed by atoms with van der Waals surface area (Å²) in [7, 11) is 0. The Labute approximate surface area is 186 Å². The van der Waals surface area contributed by atoms with Gasteiger partial charge in [-0.1, -0.05) is 37.6 Å². The van der Waals surface area contributed by atoms with Crippen LogP contribution in [0.3, 0.4) is 0 Å². The summed E-state index contributed by atoms with van der Waals surface area (Å²) in [4.78, 5) is 0. The normalized spacial score (nSPS) is 18.6. The molecule has 0 radical (unpaired) electrons. The van der Waals surface area contributed by atoms with Crippen LogP contribution in [-0.2, 0) is 0 Å². The molecular weight excluding hydrogens is 416 g/mol. The lowest BCUT2D eigenvalue weighted by Crippen LogP contribution is -2.15. The van der Waals surface area contributed by atoms with E-state index < -0.39 is 23.3 Å². The van der Waals surface area contributed by atoms with Gasteiger partial charge in [-0.2, -0.15) is 0 Å². The van der Waals surface area contributed by atoms with Crippen LogP contribution in [0.1, 0.15) is 56.1 Å². The van der Waals surface area contributed by atoms with Gasteiger partial charge in [0.2, 0.25) is 0 Å². The van der Waals surface area contributed by atoms with Crippen molar-refractivity contribution in [2.24, 2.45) is 5.92 Å². The molecule has 0 saturated heterocycles. The molecule has 0 spiro atoms. The van der Waals surface area contributed by atoms with Gasteiger partial charge in [-0.3, -0.25) is 0 Å². The SMILES string of the molecule is CC[C@H]1CC[C@H](c2c(F)cc(C)c(Oc3ccccc3-c3ccc(F)c(F)c3)c2F)CC1. The summed E-state index contributed by atoms with van der Waals surface area (Å²) < 4.78 is 63.6. The first-order valence-corrected chi connectivity index (χ1v) is 11.1. The van der Waals surface area contributed by atoms with Gasteiger partial charge in [-0.05, 0) is 79.8 Å². The van der Waals surface area contributed by atoms with Gasteiger partial charge in [-0.15, -0.1) is 0 Å². The highest BCUT2D eigenvalue weighted by atomic mass is 19.2. The lowest BCUT2D eigenvalue weighted by Gasteiger charge is -2.29. The first-order chi connectivity index (χ1) is 15.4. The van der Waals surface area contributed by atoms with Crippen LogP contribution in [0.25, 0.3) is 11.1 Å². The first-order valence-electron chi connectivity index (χ1n) is 11.1. The van der Waals surface area contributed by atoms with Crippen molar-refractivity contribution >= 4 is 0 Å². The van der Waals surface area contributed by atoms with Gasteiger partial charge in [0.15, 0.2) is 23.2 Å². The lowest BCUT2D eigenvalue weighted by molar-refractivity contribution is 0.307. The molecule has 168 valence electrons. The fourth-order valence-electron chi connectivity index (χ4n) is 4.66. The van der Waals surface area contributed by atoms with E-state index in [0.29, 0.717) is 22.6 Å². The number of para-hydroxylation sites is 1. The quantitative estimate of drug-likeness (QED) is 0.359. The van der Waals surface area contributed by atoms with Gasteiger partial charge >= 0.3 is 0 Å². The monoisotopic (exact) mass is 442 g/mol. The molecule has 0 aromatic heterocycles. The Morgan fingerprint density at radius 1 is 0.844 bits per heavy atom. The van der Waals surface area contributed by atoms with Crippen LogP contribution >= 0.6 is 0 Å². The standard InChI is InChI=1S/C27H26F4O/c1-3-17-8-10-18(11-9-17)25-23(30)14-16(2)27(26(25)31)32-24-7-5-4-6-20(24)19-12-13-21(28)22(29)15-19/h4-7,12-15,17-18H,3,8-11H2,1-2H3/t17-,18-. The predicted octanol–water partition coefficient (Wildman–Crippen LogP) is 8.69. The van der Waals surface area contributed by atoms with Crippen molar-refractivity contribution in [3.63, 3.8) is 0 Å². The van der Waals surface area contributed by atoms with Crippen LogP contribution < -0.4 is 4.74 Å². The smallest absolute Gasteiger partial charge is 0.172 e. The van der Waals surface area contributed by atoms with Gasteiger partial charge in [0.05, 0.1) is 0 Å². The molecule has 1 aliphatic rings. The van der Waals surface area contributed by atoms with E-state index in [-0.39, 0.29) is 23.0 Å². The molecule has 0 amide bonds. The van der Waals surface area contributed by atoms with Crippen molar-refractivity contribution in [2.45, 2.75) is 51.9 Å². The number of halogens is 4. The predicted molar refractivity (Wildman–Crippen MR) is 118 cm³/mol. The molecule has 0 heterocycles. The summed E-state index contributed by atoms with van der Waals surface area (Å²) in [6.45, 7) is 3.74. The van der Waals surface area contributed by atoms with Gasteiger partial charge in [0.25, 0.3) is 0 Å². The fraction of sp³-hybridized carbons (Fsp3) is 0.333. The first kappa shape index (κ1) is 22.4. The maximum Gasteiger partial charge on any atom is 0.172 e. The number of hydrogen-bond acceptors (Lipinski definition) is 1. The van der Waals surface area contributed by atoms with Crippen molar-refractivity contribution in [1.29, 1.82) is 0 Å². The van der Waals surface area contributed by atoms with E-state index in [4.69, 9.17) is 4.74 Å². The lowest BCUT2D eigenvalue weighted by atomic mass is 9.77. The molecule has 1 saturated carbocycles. The topological polar surface area (TPSA) is 9.23 Å². The highest BCUT2D eigenvalue weighted by molar-refractivity contribution is 5.71. The molecular formula is C27H26F4O. The molecule has 1 aliphatic carbocycles. The minimum Gasteiger partial charge on any atom is -0.453 e. The van der Waals surface area contributed by atoms with Crippen LogP contribution in [0.4, 0.5) is 17.6 Å². The molecule has 4 rings (SSSR count). The number of ether oxygens (including phenoxy) is 1. The second kappa shape index (κ2) is 9.35. The van der Waals surface area contributed by atoms with Gasteiger partial charge in [0, 0.05) is 11.1 Å². The van der Waals surface area contributed by atoms with Crippen molar-refractivity contribution in [3.05, 3.63) is 82.9 Å². The van der Waals surface area contributed by atoms with E-state index in [2.05, 4.69) is 6.92 Å². The molecule has 1 fully saturated rings. The zero-order valence-electron chi connectivity index (χ0n) is 18.2. The summed E-state index contributed by atoms with van der Waals surface area (Å²) in [5.74, 6) is -2.46. The van der Waals surface area contributed by atoms with Crippen LogP contribution in [-0.4, -0.2) is 0 Å². The van der Waals surface area contributed by atoms with E-state index in [1.165, 1.54) is 12.1 Å². The summed E-state index contributed by atoms with van der Waals surface area (Å²) in [6, 6.07) is 11.6. The molecule has 3 aromatic carbocycles. The highest BCUT2D eigenvalue weighted by Gasteiger charge is 2.29. The number of benzene rings is 3. The third-order valence-electron chi connectivity index (χ3n) is 6.56. The Balaban J connectivity index is 1.71. The number of hydrogen-bond donors (Lipinski definition) is 0. The minimum absolute atomic E-state index is 0.0333. The van der Waals surface area contributed by atoms with Gasteiger partial charge in [-0.25, -0.2) is 17.6 Å². The average Bonchev–Trinajstić information content (AvgIpc) is 2.79. The molecule has 0 bridgehead atoms. The average molecular weight is 442 g/mol. The van der Waals surface area contributed by atoms with Crippen molar-refractivity contribution < 1.29 is 22.3 Å². The molecule has 0 aliphatic heterocycles. The number of aryl methyl sites for hydroxylation is 1. The summed E-state index contributed by atoms with van der Waals surface area (Å²) in [5.41, 5.74) is 1.31. The highest BCUT2D eigenvalue weighted by Crippen LogP contribution is 2.43. The Kier molecular flexibility index (Phi) is 6.54. The van der Waals surface area contributed by atoms with E-state index in [0.717, 1.165) is 44.2 Å². The summed E-state index contributed by atoms with van der Waals surface area (Å²) in [5, 5.41) is 0. The fourth-order valence-corrected chi connectivity index (χ4v) is 4.66.